The zero-order valence-corrected chi connectivity index (χ0v) is 31.3. The van der Waals surface area contributed by atoms with E-state index < -0.39 is 34.1 Å². The molecule has 0 unspecified atom stereocenters. The first-order valence-electron chi connectivity index (χ1n) is 17.3. The summed E-state index contributed by atoms with van der Waals surface area (Å²) in [7, 11) is -3.95. The van der Waals surface area contributed by atoms with Crippen LogP contribution in [0.2, 0.25) is 0 Å². The van der Waals surface area contributed by atoms with Crippen LogP contribution in [0.1, 0.15) is 11.1 Å². The first-order valence-corrected chi connectivity index (χ1v) is 18.8. The molecular weight excluding hydrogens is 749 g/mol. The van der Waals surface area contributed by atoms with Gasteiger partial charge in [-0.1, -0.05) is 36.4 Å². The molecule has 6 aromatic carbocycles. The molecule has 6 N–H and O–H groups in total. The van der Waals surface area contributed by atoms with Crippen LogP contribution in [0.5, 0.6) is 11.5 Å². The second-order valence-electron chi connectivity index (χ2n) is 12.5. The highest BCUT2D eigenvalue weighted by Crippen LogP contribution is 2.26. The fourth-order valence-corrected chi connectivity index (χ4v) is 6.75. The third-order valence-electron chi connectivity index (χ3n) is 7.92. The number of carbonyl (C=O) groups is 4. The molecule has 6 rings (SSSR count). The van der Waals surface area contributed by atoms with Crippen molar-refractivity contribution in [3.63, 3.8) is 0 Å². The van der Waals surface area contributed by atoms with E-state index in [1.165, 1.54) is 48.5 Å². The maximum atomic E-state index is 13.4. The number of para-hydroxylation sites is 2. The van der Waals surface area contributed by atoms with E-state index in [-0.39, 0.29) is 9.79 Å². The van der Waals surface area contributed by atoms with E-state index >= 15 is 0 Å². The summed E-state index contributed by atoms with van der Waals surface area (Å²) in [5, 5.41) is 16.0. The zero-order chi connectivity index (χ0) is 40.4. The van der Waals surface area contributed by atoms with Gasteiger partial charge in [0.05, 0.1) is 9.79 Å². The number of hydrogen-bond acceptors (Lipinski definition) is 8. The van der Waals surface area contributed by atoms with Crippen LogP contribution in [0.3, 0.4) is 0 Å². The summed E-state index contributed by atoms with van der Waals surface area (Å²) in [5.41, 5.74) is 3.80. The number of ether oxygens (including phenoxy) is 2. The molecule has 0 saturated carbocycles. The topological polar surface area (TPSA) is 193 Å². The maximum Gasteiger partial charge on any atom is 0.417 e. The van der Waals surface area contributed by atoms with Crippen molar-refractivity contribution in [2.75, 3.05) is 31.9 Å². The monoisotopic (exact) mass is 784 g/mol. The minimum atomic E-state index is -3.95. The Morgan fingerprint density at radius 1 is 0.404 bits per heavy atom. The van der Waals surface area contributed by atoms with E-state index in [0.29, 0.717) is 45.6 Å². The van der Waals surface area contributed by atoms with E-state index in [2.05, 4.69) is 31.9 Å². The van der Waals surface area contributed by atoms with Gasteiger partial charge in [-0.25, -0.2) is 27.6 Å². The molecule has 0 aliphatic heterocycles. The molecule has 0 radical (unpaired) electrons. The Morgan fingerprint density at radius 3 is 1.07 bits per heavy atom. The Kier molecular flexibility index (Phi) is 12.1. The second-order valence-corrected chi connectivity index (χ2v) is 14.5. The fourth-order valence-electron chi connectivity index (χ4n) is 5.49. The normalized spacial score (nSPS) is 10.7. The number of carbonyl (C=O) groups excluding carboxylic acids is 4. The summed E-state index contributed by atoms with van der Waals surface area (Å²) in [6.07, 6.45) is -1.39. The number of hydrogen-bond donors (Lipinski definition) is 6. The summed E-state index contributed by atoms with van der Waals surface area (Å²) in [5.74, 6) is 0.755. The Hall–Kier alpha value is -7.65. The van der Waals surface area contributed by atoms with Crippen molar-refractivity contribution in [1.82, 2.24) is 0 Å². The van der Waals surface area contributed by atoms with Gasteiger partial charge in [0.15, 0.2) is 0 Å². The van der Waals surface area contributed by atoms with Gasteiger partial charge in [0.1, 0.15) is 11.5 Å². The van der Waals surface area contributed by atoms with Crippen LogP contribution >= 0.6 is 0 Å². The minimum absolute atomic E-state index is 0.0137. The van der Waals surface area contributed by atoms with E-state index in [1.54, 1.807) is 111 Å². The van der Waals surface area contributed by atoms with E-state index in [4.69, 9.17) is 9.47 Å². The van der Waals surface area contributed by atoms with Crippen LogP contribution in [0.15, 0.2) is 155 Å². The average molecular weight is 785 g/mol. The van der Waals surface area contributed by atoms with Crippen molar-refractivity contribution in [1.29, 1.82) is 0 Å². The lowest BCUT2D eigenvalue weighted by molar-refractivity contribution is 0.214. The lowest BCUT2D eigenvalue weighted by Crippen LogP contribution is -2.20. The van der Waals surface area contributed by atoms with Gasteiger partial charge in [-0.15, -0.1) is 0 Å². The Bertz CT molecular complexity index is 2350. The van der Waals surface area contributed by atoms with Crippen LogP contribution in [0.4, 0.5) is 53.3 Å². The van der Waals surface area contributed by atoms with Gasteiger partial charge in [0.2, 0.25) is 9.84 Å². The lowest BCUT2D eigenvalue weighted by Gasteiger charge is -2.12. The zero-order valence-electron chi connectivity index (χ0n) is 30.5. The summed E-state index contributed by atoms with van der Waals surface area (Å²) in [6, 6.07) is 37.2. The molecule has 0 saturated heterocycles. The lowest BCUT2D eigenvalue weighted by atomic mass is 10.2. The number of aryl methyl sites for hydroxylation is 2. The van der Waals surface area contributed by atoms with Crippen LogP contribution in [-0.2, 0) is 9.84 Å². The van der Waals surface area contributed by atoms with Gasteiger partial charge in [-0.05, 0) is 134 Å². The third kappa shape index (κ3) is 11.2. The number of urea groups is 2. The molecule has 0 aliphatic rings. The first-order chi connectivity index (χ1) is 27.4. The van der Waals surface area contributed by atoms with E-state index in [1.807, 2.05) is 0 Å². The van der Waals surface area contributed by atoms with Crippen molar-refractivity contribution in [2.24, 2.45) is 0 Å². The number of rotatable bonds is 10. The van der Waals surface area contributed by atoms with Crippen molar-refractivity contribution in [3.8, 4) is 11.5 Å². The number of amides is 6. The largest absolute Gasteiger partial charge is 0.417 e. The molecule has 0 aromatic heterocycles. The quantitative estimate of drug-likeness (QED) is 0.0790. The summed E-state index contributed by atoms with van der Waals surface area (Å²) >= 11 is 0. The van der Waals surface area contributed by atoms with E-state index in [9.17, 15) is 27.6 Å². The summed E-state index contributed by atoms with van der Waals surface area (Å²) < 4.78 is 37.3. The highest BCUT2D eigenvalue weighted by Gasteiger charge is 2.18. The molecule has 15 heteroatoms. The minimum Gasteiger partial charge on any atom is -0.410 e. The van der Waals surface area contributed by atoms with Crippen molar-refractivity contribution < 1.29 is 37.1 Å². The van der Waals surface area contributed by atoms with Gasteiger partial charge in [-0.2, -0.15) is 0 Å². The molecule has 0 bridgehead atoms. The Labute approximate surface area is 328 Å². The number of benzene rings is 6. The molecule has 57 heavy (non-hydrogen) atoms. The number of nitrogens with one attached hydrogen (secondary N) is 6. The molecule has 6 aromatic rings. The predicted octanol–water partition coefficient (Wildman–Crippen LogP) is 9.65. The van der Waals surface area contributed by atoms with Gasteiger partial charge < -0.3 is 30.7 Å². The van der Waals surface area contributed by atoms with Crippen LogP contribution in [0, 0.1) is 13.8 Å². The van der Waals surface area contributed by atoms with Crippen molar-refractivity contribution >= 4 is 68.2 Å². The van der Waals surface area contributed by atoms with E-state index in [0.717, 1.165) is 11.1 Å². The molecule has 288 valence electrons. The van der Waals surface area contributed by atoms with Crippen molar-refractivity contribution in [2.45, 2.75) is 23.6 Å². The molecule has 0 spiro atoms. The van der Waals surface area contributed by atoms with Crippen LogP contribution in [-0.4, -0.2) is 32.7 Å². The molecule has 0 fully saturated rings. The highest BCUT2D eigenvalue weighted by atomic mass is 32.2. The van der Waals surface area contributed by atoms with Gasteiger partial charge in [0.25, 0.3) is 0 Å². The maximum absolute atomic E-state index is 13.4. The fraction of sp³-hybridized carbons (Fsp3) is 0.0476. The van der Waals surface area contributed by atoms with Gasteiger partial charge in [0, 0.05) is 34.1 Å². The Balaban J connectivity index is 1.01. The molecule has 0 heterocycles. The molecule has 6 amide bonds. The van der Waals surface area contributed by atoms with Crippen LogP contribution < -0.4 is 41.4 Å². The predicted molar refractivity (Wildman–Crippen MR) is 218 cm³/mol. The SMILES string of the molecule is Cc1cc(NC(=O)Nc2ccc(S(=O)(=O)c3ccc(NC(=O)Nc4cc(C)cc(NC(=O)Oc5ccccc5)c4)cc3)cc2)cc(NC(=O)Oc2ccccc2)c1. The number of sulfone groups is 1. The third-order valence-corrected chi connectivity index (χ3v) is 9.70. The molecule has 0 aliphatic carbocycles. The Morgan fingerprint density at radius 2 is 0.719 bits per heavy atom. The van der Waals surface area contributed by atoms with Crippen LogP contribution in [0.25, 0.3) is 0 Å². The van der Waals surface area contributed by atoms with Crippen molar-refractivity contribution in [3.05, 3.63) is 157 Å². The molecular formula is C42H36N6O8S. The molecule has 14 nitrogen and oxygen atoms in total. The number of anilines is 6. The smallest absolute Gasteiger partial charge is 0.410 e. The molecule has 0 atom stereocenters. The van der Waals surface area contributed by atoms with Gasteiger partial charge >= 0.3 is 24.2 Å². The summed E-state index contributed by atoms with van der Waals surface area (Å²) in [6.45, 7) is 3.60. The van der Waals surface area contributed by atoms with Gasteiger partial charge in [-0.3, -0.25) is 10.6 Å². The highest BCUT2D eigenvalue weighted by molar-refractivity contribution is 7.91. The standard InChI is InChI=1S/C42H36N6O8S/c1-27-21-31(25-33(23-27)47-41(51)55-35-9-5-3-6-10-35)45-39(49)43-29-13-17-37(18-14-29)57(53,54)38-19-15-30(16-20-38)44-40(50)46-32-22-28(2)24-34(26-32)48-42(52)56-36-11-7-4-8-12-36/h3-26H,1-2H3,(H,47,51)(H,48,52)(H2,43,45,49)(H2,44,46,50). The average Bonchev–Trinajstić information content (AvgIpc) is 3.15. The summed E-state index contributed by atoms with van der Waals surface area (Å²) in [4.78, 5) is 50.2. The second kappa shape index (κ2) is 17.7. The first kappa shape index (κ1) is 39.1.